The molecule has 1 rings (SSSR count). The third-order valence-electron chi connectivity index (χ3n) is 2.63. The van der Waals surface area contributed by atoms with Gasteiger partial charge in [-0.25, -0.2) is 4.79 Å². The van der Waals surface area contributed by atoms with Crippen LogP contribution in [0.1, 0.15) is 29.8 Å². The van der Waals surface area contributed by atoms with Crippen LogP contribution in [0.3, 0.4) is 0 Å². The number of amides is 1. The standard InChI is InChI=1S/C13H16BrNO3/c1-8-9(6-5-7-10(8)14)11(16)15-13(2,3)12(17)18-4/h5-7H,1-4H3,(H,15,16). The molecule has 0 heterocycles. The first-order valence-corrected chi connectivity index (χ1v) is 6.25. The fourth-order valence-corrected chi connectivity index (χ4v) is 1.88. The van der Waals surface area contributed by atoms with Crippen LogP contribution in [0.2, 0.25) is 0 Å². The van der Waals surface area contributed by atoms with E-state index in [9.17, 15) is 9.59 Å². The molecule has 0 aliphatic heterocycles. The Morgan fingerprint density at radius 3 is 2.50 bits per heavy atom. The largest absolute Gasteiger partial charge is 0.467 e. The second-order valence-corrected chi connectivity index (χ2v) is 5.34. The van der Waals surface area contributed by atoms with Crippen LogP contribution >= 0.6 is 15.9 Å². The maximum Gasteiger partial charge on any atom is 0.330 e. The molecule has 0 unspecified atom stereocenters. The number of carbonyl (C=O) groups excluding carboxylic acids is 2. The maximum absolute atomic E-state index is 12.1. The molecule has 1 amide bonds. The zero-order valence-corrected chi connectivity index (χ0v) is 12.4. The minimum absolute atomic E-state index is 0.302. The summed E-state index contributed by atoms with van der Waals surface area (Å²) in [6.45, 7) is 5.04. The molecular weight excluding hydrogens is 298 g/mol. The summed E-state index contributed by atoms with van der Waals surface area (Å²) in [7, 11) is 1.29. The molecule has 0 atom stereocenters. The summed E-state index contributed by atoms with van der Waals surface area (Å²) in [5.74, 6) is -0.785. The van der Waals surface area contributed by atoms with Crippen molar-refractivity contribution in [3.8, 4) is 0 Å². The second kappa shape index (κ2) is 5.52. The Bertz CT molecular complexity index is 483. The number of benzene rings is 1. The van der Waals surface area contributed by atoms with E-state index in [0.29, 0.717) is 5.56 Å². The number of hydrogen-bond donors (Lipinski definition) is 1. The van der Waals surface area contributed by atoms with Gasteiger partial charge in [0.1, 0.15) is 5.54 Å². The van der Waals surface area contributed by atoms with E-state index in [-0.39, 0.29) is 5.91 Å². The van der Waals surface area contributed by atoms with E-state index in [1.54, 1.807) is 26.0 Å². The first kappa shape index (κ1) is 14.7. The maximum atomic E-state index is 12.1. The highest BCUT2D eigenvalue weighted by Gasteiger charge is 2.31. The molecular formula is C13H16BrNO3. The van der Waals surface area contributed by atoms with Gasteiger partial charge in [0.25, 0.3) is 5.91 Å². The van der Waals surface area contributed by atoms with Gasteiger partial charge in [0.05, 0.1) is 7.11 Å². The molecule has 1 aromatic rings. The van der Waals surface area contributed by atoms with Gasteiger partial charge in [0, 0.05) is 10.0 Å². The van der Waals surface area contributed by atoms with E-state index in [2.05, 4.69) is 26.0 Å². The van der Waals surface area contributed by atoms with Crippen LogP contribution in [0.4, 0.5) is 0 Å². The molecule has 0 spiro atoms. The average molecular weight is 314 g/mol. The number of halogens is 1. The first-order chi connectivity index (χ1) is 8.29. The van der Waals surface area contributed by atoms with Gasteiger partial charge in [0.2, 0.25) is 0 Å². The number of methoxy groups -OCH3 is 1. The number of hydrogen-bond acceptors (Lipinski definition) is 3. The molecule has 1 aromatic carbocycles. The number of rotatable bonds is 3. The van der Waals surface area contributed by atoms with Crippen LogP contribution in [-0.4, -0.2) is 24.5 Å². The molecule has 0 saturated heterocycles. The van der Waals surface area contributed by atoms with Crippen molar-refractivity contribution >= 4 is 27.8 Å². The lowest BCUT2D eigenvalue weighted by molar-refractivity contribution is -0.146. The lowest BCUT2D eigenvalue weighted by Crippen LogP contribution is -2.50. The van der Waals surface area contributed by atoms with Crippen LogP contribution in [-0.2, 0) is 9.53 Å². The average Bonchev–Trinajstić information content (AvgIpc) is 2.30. The molecule has 98 valence electrons. The zero-order chi connectivity index (χ0) is 13.9. The normalized spacial score (nSPS) is 10.9. The van der Waals surface area contributed by atoms with Gasteiger partial charge in [-0.05, 0) is 38.5 Å². The minimum atomic E-state index is -1.05. The van der Waals surface area contributed by atoms with E-state index in [1.165, 1.54) is 7.11 Å². The van der Waals surface area contributed by atoms with Gasteiger partial charge in [-0.1, -0.05) is 22.0 Å². The topological polar surface area (TPSA) is 55.4 Å². The summed E-state index contributed by atoms with van der Waals surface area (Å²) in [6, 6.07) is 5.34. The van der Waals surface area contributed by atoms with Crippen molar-refractivity contribution in [2.45, 2.75) is 26.3 Å². The fraction of sp³-hybridized carbons (Fsp3) is 0.385. The first-order valence-electron chi connectivity index (χ1n) is 5.45. The van der Waals surface area contributed by atoms with E-state index < -0.39 is 11.5 Å². The zero-order valence-electron chi connectivity index (χ0n) is 10.8. The van der Waals surface area contributed by atoms with Crippen LogP contribution < -0.4 is 5.32 Å². The van der Waals surface area contributed by atoms with Gasteiger partial charge in [0.15, 0.2) is 0 Å². The highest BCUT2D eigenvalue weighted by molar-refractivity contribution is 9.10. The van der Waals surface area contributed by atoms with Crippen molar-refractivity contribution in [3.05, 3.63) is 33.8 Å². The van der Waals surface area contributed by atoms with Gasteiger partial charge in [-0.2, -0.15) is 0 Å². The van der Waals surface area contributed by atoms with Crippen molar-refractivity contribution in [1.29, 1.82) is 0 Å². The van der Waals surface area contributed by atoms with Crippen LogP contribution in [0.15, 0.2) is 22.7 Å². The van der Waals surface area contributed by atoms with E-state index >= 15 is 0 Å². The predicted molar refractivity (Wildman–Crippen MR) is 72.4 cm³/mol. The number of ether oxygens (including phenoxy) is 1. The van der Waals surface area contributed by atoms with Gasteiger partial charge in [-0.3, -0.25) is 4.79 Å². The van der Waals surface area contributed by atoms with Crippen molar-refractivity contribution < 1.29 is 14.3 Å². The number of esters is 1. The lowest BCUT2D eigenvalue weighted by atomic mass is 10.0. The fourth-order valence-electron chi connectivity index (χ4n) is 1.51. The smallest absolute Gasteiger partial charge is 0.330 e. The minimum Gasteiger partial charge on any atom is -0.467 e. The molecule has 18 heavy (non-hydrogen) atoms. The van der Waals surface area contributed by atoms with E-state index in [1.807, 2.05) is 13.0 Å². The Morgan fingerprint density at radius 1 is 1.33 bits per heavy atom. The Morgan fingerprint density at radius 2 is 1.94 bits per heavy atom. The Kier molecular flexibility index (Phi) is 4.51. The van der Waals surface area contributed by atoms with Crippen LogP contribution in [0, 0.1) is 6.92 Å². The monoisotopic (exact) mass is 313 g/mol. The Labute approximate surface area is 115 Å². The van der Waals surface area contributed by atoms with Crippen molar-refractivity contribution in [2.24, 2.45) is 0 Å². The van der Waals surface area contributed by atoms with E-state index in [4.69, 9.17) is 0 Å². The van der Waals surface area contributed by atoms with Crippen molar-refractivity contribution in [2.75, 3.05) is 7.11 Å². The number of nitrogens with one attached hydrogen (secondary N) is 1. The van der Waals surface area contributed by atoms with Crippen LogP contribution in [0.5, 0.6) is 0 Å². The molecule has 1 N–H and O–H groups in total. The lowest BCUT2D eigenvalue weighted by Gasteiger charge is -2.23. The molecule has 0 bridgehead atoms. The quantitative estimate of drug-likeness (QED) is 0.872. The summed E-state index contributed by atoms with van der Waals surface area (Å²) in [5, 5.41) is 2.66. The molecule has 4 nitrogen and oxygen atoms in total. The molecule has 0 fully saturated rings. The third-order valence-corrected chi connectivity index (χ3v) is 3.49. The Balaban J connectivity index is 2.96. The highest BCUT2D eigenvalue weighted by Crippen LogP contribution is 2.20. The number of carbonyl (C=O) groups is 2. The molecule has 0 aliphatic rings. The summed E-state index contributed by atoms with van der Waals surface area (Å²) < 4.78 is 5.50. The second-order valence-electron chi connectivity index (χ2n) is 4.48. The van der Waals surface area contributed by atoms with Crippen molar-refractivity contribution in [1.82, 2.24) is 5.32 Å². The third kappa shape index (κ3) is 3.10. The van der Waals surface area contributed by atoms with Gasteiger partial charge >= 0.3 is 5.97 Å². The predicted octanol–water partition coefficient (Wildman–Crippen LogP) is 2.44. The SMILES string of the molecule is COC(=O)C(C)(C)NC(=O)c1cccc(Br)c1C. The van der Waals surface area contributed by atoms with Crippen LogP contribution in [0.25, 0.3) is 0 Å². The molecule has 0 saturated carbocycles. The molecule has 5 heteroatoms. The Hall–Kier alpha value is -1.36. The summed E-state index contributed by atoms with van der Waals surface area (Å²) in [6.07, 6.45) is 0. The summed E-state index contributed by atoms with van der Waals surface area (Å²) >= 11 is 3.36. The molecule has 0 aromatic heterocycles. The van der Waals surface area contributed by atoms with Gasteiger partial charge < -0.3 is 10.1 Å². The van der Waals surface area contributed by atoms with Crippen molar-refractivity contribution in [3.63, 3.8) is 0 Å². The highest BCUT2D eigenvalue weighted by atomic mass is 79.9. The van der Waals surface area contributed by atoms with E-state index in [0.717, 1.165) is 10.0 Å². The summed E-state index contributed by atoms with van der Waals surface area (Å²) in [4.78, 5) is 23.6. The molecule has 0 aliphatic carbocycles. The summed E-state index contributed by atoms with van der Waals surface area (Å²) in [5.41, 5.74) is 0.303. The van der Waals surface area contributed by atoms with Gasteiger partial charge in [-0.15, -0.1) is 0 Å². The molecule has 0 radical (unpaired) electrons.